The second-order valence-electron chi connectivity index (χ2n) is 6.74. The molecule has 2 aromatic rings. The molecule has 1 amide bonds. The molecule has 1 heterocycles. The second kappa shape index (κ2) is 8.81. The smallest absolute Gasteiger partial charge is 0.387 e. The van der Waals surface area contributed by atoms with Crippen LogP contribution in [0.2, 0.25) is 0 Å². The molecule has 8 heteroatoms. The van der Waals surface area contributed by atoms with Crippen molar-refractivity contribution >= 4 is 23.1 Å². The number of ether oxygens (including phenoxy) is 1. The van der Waals surface area contributed by atoms with Gasteiger partial charge in [0.2, 0.25) is 0 Å². The SMILES string of the molecule is CC(=O)C1CC(C(=O)N(C)Cc2cccc(OC(F)F)c2)=NN1c1ccccc1. The van der Waals surface area contributed by atoms with Crippen LogP contribution in [-0.4, -0.2) is 42.0 Å². The molecule has 3 rings (SSSR count). The van der Waals surface area contributed by atoms with Gasteiger partial charge in [-0.05, 0) is 36.8 Å². The van der Waals surface area contributed by atoms with Crippen molar-refractivity contribution in [2.45, 2.75) is 32.5 Å². The van der Waals surface area contributed by atoms with Crippen LogP contribution in [0.25, 0.3) is 0 Å². The fraction of sp³-hybridized carbons (Fsp3) is 0.286. The summed E-state index contributed by atoms with van der Waals surface area (Å²) in [5, 5.41) is 5.96. The summed E-state index contributed by atoms with van der Waals surface area (Å²) < 4.78 is 29.2. The third kappa shape index (κ3) is 4.96. The van der Waals surface area contributed by atoms with Gasteiger partial charge in [0, 0.05) is 20.0 Å². The van der Waals surface area contributed by atoms with Crippen LogP contribution >= 0.6 is 0 Å². The van der Waals surface area contributed by atoms with Crippen LogP contribution in [-0.2, 0) is 16.1 Å². The molecule has 0 saturated carbocycles. The van der Waals surface area contributed by atoms with Crippen LogP contribution in [0.3, 0.4) is 0 Å². The molecule has 0 saturated heterocycles. The number of para-hydroxylation sites is 1. The van der Waals surface area contributed by atoms with E-state index in [-0.39, 0.29) is 36.1 Å². The number of nitrogens with zero attached hydrogens (tertiary/aromatic N) is 3. The first kappa shape index (κ1) is 20.4. The van der Waals surface area contributed by atoms with E-state index in [0.717, 1.165) is 5.69 Å². The monoisotopic (exact) mass is 401 g/mol. The van der Waals surface area contributed by atoms with E-state index in [4.69, 9.17) is 0 Å². The topological polar surface area (TPSA) is 62.2 Å². The number of carbonyl (C=O) groups is 2. The first-order valence-corrected chi connectivity index (χ1v) is 9.06. The van der Waals surface area contributed by atoms with Gasteiger partial charge in [-0.2, -0.15) is 13.9 Å². The minimum absolute atomic E-state index is 0.0310. The van der Waals surface area contributed by atoms with E-state index in [9.17, 15) is 18.4 Å². The van der Waals surface area contributed by atoms with Crippen molar-refractivity contribution in [1.82, 2.24) is 4.90 Å². The van der Waals surface area contributed by atoms with Gasteiger partial charge in [-0.15, -0.1) is 0 Å². The van der Waals surface area contributed by atoms with Crippen molar-refractivity contribution < 1.29 is 23.1 Å². The molecule has 1 unspecified atom stereocenters. The lowest BCUT2D eigenvalue weighted by atomic mass is 10.1. The number of hydrazone groups is 1. The molecule has 1 atom stereocenters. The zero-order chi connectivity index (χ0) is 21.0. The van der Waals surface area contributed by atoms with Crippen LogP contribution < -0.4 is 9.75 Å². The maximum absolute atomic E-state index is 12.9. The fourth-order valence-corrected chi connectivity index (χ4v) is 3.16. The number of anilines is 1. The highest BCUT2D eigenvalue weighted by Gasteiger charge is 2.35. The summed E-state index contributed by atoms with van der Waals surface area (Å²) in [6, 6.07) is 14.8. The van der Waals surface area contributed by atoms with Gasteiger partial charge in [0.25, 0.3) is 5.91 Å². The van der Waals surface area contributed by atoms with Gasteiger partial charge >= 0.3 is 6.61 Å². The molecular weight excluding hydrogens is 380 g/mol. The molecule has 0 aliphatic carbocycles. The number of rotatable bonds is 7. The molecule has 6 nitrogen and oxygen atoms in total. The van der Waals surface area contributed by atoms with Crippen molar-refractivity contribution in [2.75, 3.05) is 12.1 Å². The van der Waals surface area contributed by atoms with E-state index in [2.05, 4.69) is 9.84 Å². The van der Waals surface area contributed by atoms with Crippen LogP contribution in [0, 0.1) is 0 Å². The van der Waals surface area contributed by atoms with Gasteiger partial charge in [0.15, 0.2) is 5.78 Å². The molecule has 0 radical (unpaired) electrons. The Kier molecular flexibility index (Phi) is 6.21. The number of Topliss-reactive ketones (excluding diaryl/α,β-unsaturated/α-hetero) is 1. The predicted molar refractivity (Wildman–Crippen MR) is 105 cm³/mol. The highest BCUT2D eigenvalue weighted by atomic mass is 19.3. The van der Waals surface area contributed by atoms with Crippen LogP contribution in [0.1, 0.15) is 18.9 Å². The lowest BCUT2D eigenvalue weighted by Crippen LogP contribution is -2.35. The summed E-state index contributed by atoms with van der Waals surface area (Å²) in [6.45, 7) is -1.25. The Balaban J connectivity index is 1.74. The third-order valence-electron chi connectivity index (χ3n) is 4.54. The molecule has 0 fully saturated rings. The quantitative estimate of drug-likeness (QED) is 0.713. The standard InChI is InChI=1S/C21H21F2N3O3/c1-14(27)19-12-18(24-26(19)16-8-4-3-5-9-16)20(28)25(2)13-15-7-6-10-17(11-15)29-21(22)23/h3-11,19,21H,12-13H2,1-2H3. The molecule has 1 aliphatic rings. The first-order chi connectivity index (χ1) is 13.8. The fourth-order valence-electron chi connectivity index (χ4n) is 3.16. The van der Waals surface area contributed by atoms with Crippen molar-refractivity contribution in [3.05, 3.63) is 60.2 Å². The third-order valence-corrected chi connectivity index (χ3v) is 4.54. The van der Waals surface area contributed by atoms with Crippen molar-refractivity contribution in [3.63, 3.8) is 0 Å². The lowest BCUT2D eigenvalue weighted by molar-refractivity contribution is -0.123. The zero-order valence-corrected chi connectivity index (χ0v) is 16.1. The second-order valence-corrected chi connectivity index (χ2v) is 6.74. The molecular formula is C21H21F2N3O3. The van der Waals surface area contributed by atoms with Crippen molar-refractivity contribution in [3.8, 4) is 5.75 Å². The van der Waals surface area contributed by atoms with Crippen LogP contribution in [0.15, 0.2) is 59.7 Å². The summed E-state index contributed by atoms with van der Waals surface area (Å²) >= 11 is 0. The van der Waals surface area contributed by atoms with E-state index in [1.807, 2.05) is 30.3 Å². The Morgan fingerprint density at radius 2 is 1.93 bits per heavy atom. The van der Waals surface area contributed by atoms with Gasteiger partial charge in [-0.25, -0.2) is 0 Å². The number of halogens is 2. The van der Waals surface area contributed by atoms with Crippen LogP contribution in [0.5, 0.6) is 5.75 Å². The number of hydrogen-bond donors (Lipinski definition) is 0. The average Bonchev–Trinajstić information content (AvgIpc) is 3.13. The zero-order valence-electron chi connectivity index (χ0n) is 16.1. The Morgan fingerprint density at radius 3 is 2.59 bits per heavy atom. The van der Waals surface area contributed by atoms with E-state index in [1.165, 1.54) is 24.0 Å². The molecule has 152 valence electrons. The number of amides is 1. The van der Waals surface area contributed by atoms with E-state index >= 15 is 0 Å². The number of ketones is 1. The highest BCUT2D eigenvalue weighted by Crippen LogP contribution is 2.26. The Morgan fingerprint density at radius 1 is 1.21 bits per heavy atom. The summed E-state index contributed by atoms with van der Waals surface area (Å²) in [7, 11) is 1.60. The van der Waals surface area contributed by atoms with Crippen LogP contribution in [0.4, 0.5) is 14.5 Å². The minimum atomic E-state index is -2.91. The Hall–Kier alpha value is -3.29. The Bertz CT molecular complexity index is 918. The molecule has 0 spiro atoms. The maximum atomic E-state index is 12.9. The van der Waals surface area contributed by atoms with E-state index in [1.54, 1.807) is 24.2 Å². The first-order valence-electron chi connectivity index (χ1n) is 9.06. The number of carbonyl (C=O) groups excluding carboxylic acids is 2. The Labute approximate surface area is 167 Å². The molecule has 29 heavy (non-hydrogen) atoms. The largest absolute Gasteiger partial charge is 0.435 e. The molecule has 0 N–H and O–H groups in total. The average molecular weight is 401 g/mol. The van der Waals surface area contributed by atoms with Gasteiger partial charge in [0.05, 0.1) is 5.69 Å². The summed E-state index contributed by atoms with van der Waals surface area (Å²) in [4.78, 5) is 26.4. The molecule has 0 aromatic heterocycles. The lowest BCUT2D eigenvalue weighted by Gasteiger charge is -2.20. The van der Waals surface area contributed by atoms with Gasteiger partial charge < -0.3 is 9.64 Å². The number of alkyl halides is 2. The highest BCUT2D eigenvalue weighted by molar-refractivity contribution is 6.40. The molecule has 1 aliphatic heterocycles. The van der Waals surface area contributed by atoms with Crippen molar-refractivity contribution in [2.24, 2.45) is 5.10 Å². The van der Waals surface area contributed by atoms with E-state index < -0.39 is 12.7 Å². The number of benzene rings is 2. The van der Waals surface area contributed by atoms with Crippen molar-refractivity contribution in [1.29, 1.82) is 0 Å². The van der Waals surface area contributed by atoms with E-state index in [0.29, 0.717) is 5.56 Å². The number of hydrogen-bond acceptors (Lipinski definition) is 5. The minimum Gasteiger partial charge on any atom is -0.435 e. The summed E-state index contributed by atoms with van der Waals surface area (Å²) in [6.07, 6.45) is 0.210. The summed E-state index contributed by atoms with van der Waals surface area (Å²) in [5.74, 6) is -0.377. The van der Waals surface area contributed by atoms with Gasteiger partial charge in [-0.1, -0.05) is 30.3 Å². The molecule has 2 aromatic carbocycles. The van der Waals surface area contributed by atoms with Gasteiger partial charge in [0.1, 0.15) is 17.5 Å². The maximum Gasteiger partial charge on any atom is 0.387 e. The predicted octanol–water partition coefficient (Wildman–Crippen LogP) is 3.47. The summed E-state index contributed by atoms with van der Waals surface area (Å²) in [5.41, 5.74) is 1.65. The molecule has 0 bridgehead atoms. The van der Waals surface area contributed by atoms with Gasteiger partial charge in [-0.3, -0.25) is 14.6 Å². The normalized spacial score (nSPS) is 16.0.